The van der Waals surface area contributed by atoms with E-state index >= 15 is 0 Å². The van der Waals surface area contributed by atoms with Gasteiger partial charge in [-0.25, -0.2) is 8.78 Å². The molecule has 2 aromatic carbocycles. The second-order valence-corrected chi connectivity index (χ2v) is 4.81. The molecule has 0 spiro atoms. The summed E-state index contributed by atoms with van der Waals surface area (Å²) in [7, 11) is 1.42. The minimum Gasteiger partial charge on any atom is -0.497 e. The molecule has 0 aliphatic heterocycles. The maximum Gasteiger partial charge on any atom is 0.133 e. The van der Waals surface area contributed by atoms with Crippen LogP contribution in [0.2, 0.25) is 0 Å². The SMILES string of the molecule is COc1ccc(C(O)c2cc(F)ccc2Br)c(F)c1. The molecule has 1 atom stereocenters. The number of hydrogen-bond donors (Lipinski definition) is 1. The van der Waals surface area contributed by atoms with Gasteiger partial charge in [0, 0.05) is 21.7 Å². The van der Waals surface area contributed by atoms with Gasteiger partial charge in [0.2, 0.25) is 0 Å². The number of aliphatic hydroxyl groups is 1. The Kier molecular flexibility index (Phi) is 4.17. The highest BCUT2D eigenvalue weighted by Crippen LogP contribution is 2.31. The number of aliphatic hydroxyl groups excluding tert-OH is 1. The van der Waals surface area contributed by atoms with E-state index in [0.717, 1.165) is 0 Å². The van der Waals surface area contributed by atoms with E-state index in [1.54, 1.807) is 0 Å². The van der Waals surface area contributed by atoms with Gasteiger partial charge in [-0.15, -0.1) is 0 Å². The fraction of sp³-hybridized carbons (Fsp3) is 0.143. The molecular weight excluding hydrogens is 318 g/mol. The smallest absolute Gasteiger partial charge is 0.133 e. The van der Waals surface area contributed by atoms with E-state index in [4.69, 9.17) is 4.74 Å². The summed E-state index contributed by atoms with van der Waals surface area (Å²) < 4.78 is 32.5. The molecule has 2 rings (SSSR count). The summed E-state index contributed by atoms with van der Waals surface area (Å²) in [5.74, 6) is -0.749. The van der Waals surface area contributed by atoms with Gasteiger partial charge in [0.25, 0.3) is 0 Å². The summed E-state index contributed by atoms with van der Waals surface area (Å²) in [6.45, 7) is 0. The Balaban J connectivity index is 2.43. The maximum atomic E-state index is 13.9. The Morgan fingerprint density at radius 2 is 1.84 bits per heavy atom. The molecule has 0 radical (unpaired) electrons. The van der Waals surface area contributed by atoms with Crippen LogP contribution in [-0.4, -0.2) is 12.2 Å². The van der Waals surface area contributed by atoms with Crippen molar-refractivity contribution in [3.8, 4) is 5.75 Å². The van der Waals surface area contributed by atoms with E-state index < -0.39 is 17.7 Å². The van der Waals surface area contributed by atoms with Crippen LogP contribution in [-0.2, 0) is 0 Å². The largest absolute Gasteiger partial charge is 0.497 e. The lowest BCUT2D eigenvalue weighted by molar-refractivity contribution is 0.213. The Hall–Kier alpha value is -1.46. The molecule has 1 unspecified atom stereocenters. The third kappa shape index (κ3) is 2.93. The van der Waals surface area contributed by atoms with Gasteiger partial charge in [-0.1, -0.05) is 15.9 Å². The van der Waals surface area contributed by atoms with E-state index in [9.17, 15) is 13.9 Å². The normalized spacial score (nSPS) is 12.3. The van der Waals surface area contributed by atoms with Crippen molar-refractivity contribution < 1.29 is 18.6 Å². The molecule has 0 saturated heterocycles. The van der Waals surface area contributed by atoms with Crippen LogP contribution in [0.4, 0.5) is 8.78 Å². The first-order valence-electron chi connectivity index (χ1n) is 5.49. The highest BCUT2D eigenvalue weighted by Gasteiger charge is 2.18. The zero-order valence-electron chi connectivity index (χ0n) is 10.0. The molecule has 0 aromatic heterocycles. The molecule has 0 aliphatic carbocycles. The summed E-state index contributed by atoms with van der Waals surface area (Å²) in [5.41, 5.74) is 0.330. The predicted octanol–water partition coefficient (Wildman–Crippen LogP) is 3.82. The van der Waals surface area contributed by atoms with E-state index in [1.807, 2.05) is 0 Å². The van der Waals surface area contributed by atoms with Gasteiger partial charge in [-0.2, -0.15) is 0 Å². The molecule has 0 aliphatic rings. The zero-order chi connectivity index (χ0) is 14.0. The molecule has 0 bridgehead atoms. The van der Waals surface area contributed by atoms with Crippen molar-refractivity contribution in [2.24, 2.45) is 0 Å². The van der Waals surface area contributed by atoms with E-state index in [1.165, 1.54) is 43.5 Å². The average Bonchev–Trinajstić information content (AvgIpc) is 2.40. The summed E-state index contributed by atoms with van der Waals surface area (Å²) in [6.07, 6.45) is -1.25. The Morgan fingerprint density at radius 3 is 2.47 bits per heavy atom. The van der Waals surface area contributed by atoms with Crippen molar-refractivity contribution in [2.45, 2.75) is 6.10 Å². The summed E-state index contributed by atoms with van der Waals surface area (Å²) in [6, 6.07) is 8.01. The molecular formula is C14H11BrF2O2. The lowest BCUT2D eigenvalue weighted by atomic mass is 10.0. The number of halogens is 3. The molecule has 1 N–H and O–H groups in total. The van der Waals surface area contributed by atoms with Crippen molar-refractivity contribution in [1.29, 1.82) is 0 Å². The highest BCUT2D eigenvalue weighted by molar-refractivity contribution is 9.10. The van der Waals surface area contributed by atoms with E-state index in [-0.39, 0.29) is 11.1 Å². The second-order valence-electron chi connectivity index (χ2n) is 3.96. The molecule has 2 aromatic rings. The van der Waals surface area contributed by atoms with E-state index in [0.29, 0.717) is 10.2 Å². The molecule has 0 fully saturated rings. The number of benzene rings is 2. The lowest BCUT2D eigenvalue weighted by Crippen LogP contribution is -2.04. The first-order chi connectivity index (χ1) is 9.02. The Morgan fingerprint density at radius 1 is 1.11 bits per heavy atom. The van der Waals surface area contributed by atoms with Crippen LogP contribution < -0.4 is 4.74 Å². The molecule has 2 nitrogen and oxygen atoms in total. The first-order valence-corrected chi connectivity index (χ1v) is 6.28. The van der Waals surface area contributed by atoms with Crippen molar-refractivity contribution >= 4 is 15.9 Å². The van der Waals surface area contributed by atoms with Crippen LogP contribution in [0.15, 0.2) is 40.9 Å². The molecule has 0 amide bonds. The highest BCUT2D eigenvalue weighted by atomic mass is 79.9. The van der Waals surface area contributed by atoms with Crippen LogP contribution in [0, 0.1) is 11.6 Å². The van der Waals surface area contributed by atoms with Crippen molar-refractivity contribution in [3.05, 3.63) is 63.6 Å². The topological polar surface area (TPSA) is 29.5 Å². The predicted molar refractivity (Wildman–Crippen MR) is 71.1 cm³/mol. The summed E-state index contributed by atoms with van der Waals surface area (Å²) >= 11 is 3.21. The molecule has 0 heterocycles. The number of methoxy groups -OCH3 is 1. The van der Waals surface area contributed by atoms with Gasteiger partial charge in [0.1, 0.15) is 23.5 Å². The van der Waals surface area contributed by atoms with Crippen molar-refractivity contribution in [3.63, 3.8) is 0 Å². The van der Waals surface area contributed by atoms with Gasteiger partial charge in [-0.3, -0.25) is 0 Å². The van der Waals surface area contributed by atoms with Crippen LogP contribution in [0.5, 0.6) is 5.75 Å². The van der Waals surface area contributed by atoms with Crippen LogP contribution >= 0.6 is 15.9 Å². The maximum absolute atomic E-state index is 13.9. The second kappa shape index (κ2) is 5.67. The molecule has 100 valence electrons. The molecule has 19 heavy (non-hydrogen) atoms. The van der Waals surface area contributed by atoms with Crippen molar-refractivity contribution in [1.82, 2.24) is 0 Å². The summed E-state index contributed by atoms with van der Waals surface area (Å²) in [4.78, 5) is 0. The van der Waals surface area contributed by atoms with Crippen LogP contribution in [0.25, 0.3) is 0 Å². The van der Waals surface area contributed by atoms with Crippen molar-refractivity contribution in [2.75, 3.05) is 7.11 Å². The van der Waals surface area contributed by atoms with Gasteiger partial charge >= 0.3 is 0 Å². The van der Waals surface area contributed by atoms with Gasteiger partial charge in [0.05, 0.1) is 7.11 Å². The van der Waals surface area contributed by atoms with Gasteiger partial charge in [-0.05, 0) is 30.3 Å². The standard InChI is InChI=1S/C14H11BrF2O2/c1-19-9-3-4-10(13(17)7-9)14(18)11-6-8(16)2-5-12(11)15/h2-7,14,18H,1H3. The number of ether oxygens (including phenoxy) is 1. The number of rotatable bonds is 3. The minimum atomic E-state index is -1.25. The Bertz CT molecular complexity index is 602. The number of hydrogen-bond acceptors (Lipinski definition) is 2. The third-order valence-electron chi connectivity index (χ3n) is 2.75. The third-order valence-corrected chi connectivity index (χ3v) is 3.48. The first kappa shape index (κ1) is 14.0. The average molecular weight is 329 g/mol. The van der Waals surface area contributed by atoms with Gasteiger partial charge in [0.15, 0.2) is 0 Å². The van der Waals surface area contributed by atoms with Crippen LogP contribution in [0.3, 0.4) is 0 Å². The molecule has 5 heteroatoms. The Labute approximate surface area is 117 Å². The monoisotopic (exact) mass is 328 g/mol. The summed E-state index contributed by atoms with van der Waals surface area (Å²) in [5, 5.41) is 10.2. The molecule has 0 saturated carbocycles. The van der Waals surface area contributed by atoms with Crippen LogP contribution in [0.1, 0.15) is 17.2 Å². The van der Waals surface area contributed by atoms with E-state index in [2.05, 4.69) is 15.9 Å². The fourth-order valence-corrected chi connectivity index (χ4v) is 2.21. The van der Waals surface area contributed by atoms with Gasteiger partial charge < -0.3 is 9.84 Å². The quantitative estimate of drug-likeness (QED) is 0.928. The zero-order valence-corrected chi connectivity index (χ0v) is 11.6. The fourth-order valence-electron chi connectivity index (χ4n) is 1.75. The minimum absolute atomic E-state index is 0.0621. The lowest BCUT2D eigenvalue weighted by Gasteiger charge is -2.15.